The molecule has 1 saturated heterocycles. The predicted molar refractivity (Wildman–Crippen MR) is 196 cm³/mol. The number of nitrogens with zero attached hydrogens (tertiary/aromatic N) is 1. The topological polar surface area (TPSA) is 113 Å². The van der Waals surface area contributed by atoms with Gasteiger partial charge >= 0.3 is 5.97 Å². The van der Waals surface area contributed by atoms with Gasteiger partial charge in [-0.15, -0.1) is 0 Å². The van der Waals surface area contributed by atoms with E-state index in [1.54, 1.807) is 18.1 Å². The van der Waals surface area contributed by atoms with Gasteiger partial charge in [-0.2, -0.15) is 0 Å². The van der Waals surface area contributed by atoms with Crippen molar-refractivity contribution in [2.75, 3.05) is 26.8 Å². The molecule has 2 aromatic carbocycles. The number of methoxy groups -OCH3 is 1. The molecule has 0 radical (unpaired) electrons. The maximum atomic E-state index is 14.9. The van der Waals surface area contributed by atoms with E-state index in [0.717, 1.165) is 23.3 Å². The number of benzene rings is 2. The molecule has 5 aliphatic rings. The standard InChI is InChI=1S/C43H55F2NO7/c1-27-9-7-17-40(4)33(31-14-11-28(23-30(47)13-10-27)24-32(31)36(48)29-12-15-34(44)35(45)25-29)16-18-42(40,51)26-46(21-8-22-52-6)37(49)43-20-19-41(5,38(50)53-43)39(43,2)3/h9,11-12,14-15,24-25,30,33,47,51H,7-8,10,13,16-23,26H2,1-6H3/t30-,33-,40-,41-,42+,43+/m0/s1. The molecule has 7 rings (SSSR count). The highest BCUT2D eigenvalue weighted by Crippen LogP contribution is 2.66. The quantitative estimate of drug-likeness (QED) is 0.121. The van der Waals surface area contributed by atoms with Crippen molar-refractivity contribution in [2.45, 2.75) is 122 Å². The third-order valence-electron chi connectivity index (χ3n) is 14.0. The van der Waals surface area contributed by atoms with Crippen LogP contribution in [0.15, 0.2) is 48.0 Å². The van der Waals surface area contributed by atoms with Gasteiger partial charge in [0.2, 0.25) is 0 Å². The van der Waals surface area contributed by atoms with E-state index >= 15 is 0 Å². The summed E-state index contributed by atoms with van der Waals surface area (Å²) >= 11 is 0. The van der Waals surface area contributed by atoms with E-state index in [1.165, 1.54) is 6.07 Å². The summed E-state index contributed by atoms with van der Waals surface area (Å²) in [6.07, 6.45) is 6.47. The highest BCUT2D eigenvalue weighted by atomic mass is 19.2. The number of ketones is 1. The average Bonchev–Trinajstić information content (AvgIpc) is 3.55. The Labute approximate surface area is 311 Å². The first-order chi connectivity index (χ1) is 24.9. The maximum absolute atomic E-state index is 14.9. The highest BCUT2D eigenvalue weighted by molar-refractivity contribution is 6.10. The number of carbonyl (C=O) groups is 3. The van der Waals surface area contributed by atoms with E-state index in [4.69, 9.17) is 9.47 Å². The maximum Gasteiger partial charge on any atom is 0.313 e. The number of esters is 1. The van der Waals surface area contributed by atoms with Crippen molar-refractivity contribution < 1.29 is 42.9 Å². The second-order valence-corrected chi connectivity index (χ2v) is 17.2. The number of aliphatic hydroxyl groups excluding tert-OH is 1. The van der Waals surface area contributed by atoms with Crippen LogP contribution in [0.5, 0.6) is 0 Å². The Morgan fingerprint density at radius 1 is 1.00 bits per heavy atom. The van der Waals surface area contributed by atoms with Gasteiger partial charge in [-0.3, -0.25) is 14.4 Å². The number of halogens is 2. The Bertz CT molecular complexity index is 1810. The lowest BCUT2D eigenvalue weighted by molar-refractivity contribution is -0.177. The van der Waals surface area contributed by atoms with E-state index in [0.29, 0.717) is 81.9 Å². The van der Waals surface area contributed by atoms with Crippen LogP contribution < -0.4 is 0 Å². The molecule has 0 spiro atoms. The van der Waals surface area contributed by atoms with Gasteiger partial charge in [0.15, 0.2) is 23.0 Å². The molecule has 0 unspecified atom stereocenters. The number of fused-ring (bicyclic) bond motifs is 10. The monoisotopic (exact) mass is 735 g/mol. The Kier molecular flexibility index (Phi) is 10.6. The molecule has 8 nitrogen and oxygen atoms in total. The van der Waals surface area contributed by atoms with E-state index < -0.39 is 51.0 Å². The number of amides is 1. The molecule has 6 atom stereocenters. The molecule has 53 heavy (non-hydrogen) atoms. The lowest BCUT2D eigenvalue weighted by Crippen LogP contribution is -2.60. The van der Waals surface area contributed by atoms with E-state index in [-0.39, 0.29) is 36.4 Å². The molecular formula is C43H55F2NO7. The van der Waals surface area contributed by atoms with E-state index in [9.17, 15) is 33.4 Å². The molecule has 3 fully saturated rings. The summed E-state index contributed by atoms with van der Waals surface area (Å²) in [5.74, 6) is -3.66. The van der Waals surface area contributed by atoms with Crippen LogP contribution in [0.4, 0.5) is 8.78 Å². The van der Waals surface area contributed by atoms with Crippen molar-refractivity contribution in [2.24, 2.45) is 16.2 Å². The average molecular weight is 736 g/mol. The van der Waals surface area contributed by atoms with Crippen molar-refractivity contribution in [1.29, 1.82) is 0 Å². The van der Waals surface area contributed by atoms with Gasteiger partial charge in [0, 0.05) is 42.2 Å². The predicted octanol–water partition coefficient (Wildman–Crippen LogP) is 7.22. The van der Waals surface area contributed by atoms with Crippen molar-refractivity contribution in [1.82, 2.24) is 4.90 Å². The number of hydrogen-bond donors (Lipinski definition) is 2. The minimum absolute atomic E-state index is 0.00365. The molecule has 1 heterocycles. The fraction of sp³-hybridized carbons (Fsp3) is 0.605. The third kappa shape index (κ3) is 6.46. The SMILES string of the molecule is COCCCN(C[C@]1(O)CC[C@H]2c3ccc(cc3C(=O)c3ccc(F)c(F)c3)C[C@@H](O)CCC(C)=CCC[C@@]21C)C(=O)[C@@]12CC[C@@](C)(C(=O)O1)C2(C)C. The van der Waals surface area contributed by atoms with Crippen LogP contribution in [-0.2, 0) is 25.5 Å². The van der Waals surface area contributed by atoms with Gasteiger partial charge in [-0.05, 0) is 119 Å². The minimum Gasteiger partial charge on any atom is -0.448 e. The first-order valence-corrected chi connectivity index (χ1v) is 19.1. The molecule has 2 saturated carbocycles. The number of aliphatic hydroxyl groups is 2. The smallest absolute Gasteiger partial charge is 0.313 e. The summed E-state index contributed by atoms with van der Waals surface area (Å²) in [6.45, 7) is 10.5. The molecule has 1 amide bonds. The Hall–Kier alpha value is -3.47. The van der Waals surface area contributed by atoms with Gasteiger partial charge in [0.1, 0.15) is 0 Å². The molecule has 4 bridgehead atoms. The Morgan fingerprint density at radius 3 is 2.42 bits per heavy atom. The molecular weight excluding hydrogens is 680 g/mol. The molecule has 2 N–H and O–H groups in total. The summed E-state index contributed by atoms with van der Waals surface area (Å²) in [6, 6.07) is 8.67. The van der Waals surface area contributed by atoms with Crippen LogP contribution in [-0.4, -0.2) is 76.9 Å². The third-order valence-corrected chi connectivity index (χ3v) is 14.0. The fourth-order valence-electron chi connectivity index (χ4n) is 9.93. The molecule has 288 valence electrons. The summed E-state index contributed by atoms with van der Waals surface area (Å²) in [5, 5.41) is 24.0. The molecule has 2 aromatic rings. The summed E-state index contributed by atoms with van der Waals surface area (Å²) < 4.78 is 39.8. The van der Waals surface area contributed by atoms with Crippen LogP contribution in [0.25, 0.3) is 0 Å². The van der Waals surface area contributed by atoms with Crippen LogP contribution in [0.3, 0.4) is 0 Å². The normalized spacial score (nSPS) is 32.2. The van der Waals surface area contributed by atoms with Gasteiger partial charge in [0.05, 0.1) is 23.7 Å². The van der Waals surface area contributed by atoms with Crippen LogP contribution in [0.2, 0.25) is 0 Å². The van der Waals surface area contributed by atoms with Gasteiger partial charge in [0.25, 0.3) is 5.91 Å². The Morgan fingerprint density at radius 2 is 1.75 bits per heavy atom. The first-order valence-electron chi connectivity index (χ1n) is 19.1. The molecule has 10 heteroatoms. The highest BCUT2D eigenvalue weighted by Gasteiger charge is 2.76. The lowest BCUT2D eigenvalue weighted by Gasteiger charge is -2.47. The number of ether oxygens (including phenoxy) is 2. The van der Waals surface area contributed by atoms with Gasteiger partial charge in [-0.1, -0.05) is 44.6 Å². The van der Waals surface area contributed by atoms with E-state index in [2.05, 4.69) is 6.08 Å². The summed E-state index contributed by atoms with van der Waals surface area (Å²) in [7, 11) is 1.60. The second-order valence-electron chi connectivity index (χ2n) is 17.2. The van der Waals surface area contributed by atoms with Crippen molar-refractivity contribution in [3.8, 4) is 0 Å². The Balaban J connectivity index is 1.44. The fourth-order valence-corrected chi connectivity index (χ4v) is 9.93. The number of carbonyl (C=O) groups excluding carboxylic acids is 3. The zero-order valence-electron chi connectivity index (χ0n) is 32.0. The van der Waals surface area contributed by atoms with Crippen LogP contribution >= 0.6 is 0 Å². The summed E-state index contributed by atoms with van der Waals surface area (Å²) in [5.41, 5.74) is -2.31. The lowest BCUT2D eigenvalue weighted by atomic mass is 9.64. The number of allylic oxidation sites excluding steroid dienone is 2. The molecule has 0 aromatic heterocycles. The number of rotatable bonds is 9. The summed E-state index contributed by atoms with van der Waals surface area (Å²) in [4.78, 5) is 44.0. The first kappa shape index (κ1) is 39.2. The zero-order valence-corrected chi connectivity index (χ0v) is 32.0. The largest absolute Gasteiger partial charge is 0.448 e. The van der Waals surface area contributed by atoms with Gasteiger partial charge < -0.3 is 24.6 Å². The van der Waals surface area contributed by atoms with Crippen molar-refractivity contribution in [3.63, 3.8) is 0 Å². The number of hydrogen-bond acceptors (Lipinski definition) is 7. The van der Waals surface area contributed by atoms with Crippen molar-refractivity contribution in [3.05, 3.63) is 81.9 Å². The molecule has 1 aliphatic heterocycles. The van der Waals surface area contributed by atoms with Crippen LogP contribution in [0, 0.1) is 27.9 Å². The van der Waals surface area contributed by atoms with Gasteiger partial charge in [-0.25, -0.2) is 8.78 Å². The van der Waals surface area contributed by atoms with Crippen molar-refractivity contribution >= 4 is 17.7 Å². The minimum atomic E-state index is -1.41. The second kappa shape index (κ2) is 14.3. The zero-order chi connectivity index (χ0) is 38.6. The molecule has 4 aliphatic carbocycles. The van der Waals surface area contributed by atoms with E-state index in [1.807, 2.05) is 46.8 Å². The van der Waals surface area contributed by atoms with Crippen LogP contribution in [0.1, 0.15) is 125 Å².